The molecule has 0 atom stereocenters. The van der Waals surface area contributed by atoms with Crippen molar-refractivity contribution in [1.82, 2.24) is 4.90 Å². The predicted octanol–water partition coefficient (Wildman–Crippen LogP) is 1.06. The molecular weight excluding hydrogens is 146 g/mol. The van der Waals surface area contributed by atoms with Crippen molar-refractivity contribution >= 4 is 20.7 Å². The monoisotopic (exact) mass is 151 g/mol. The smallest absolute Gasteiger partial charge is 0.289 e. The van der Waals surface area contributed by atoms with Gasteiger partial charge < -0.3 is 4.90 Å². The van der Waals surface area contributed by atoms with Gasteiger partial charge in [-0.15, -0.1) is 0 Å². The Balaban J connectivity index is 3.26. The number of carbonyl (C=O) groups excluding carboxylic acids is 1. The Kier molecular flexibility index (Phi) is 2.16. The molecule has 0 saturated heterocycles. The van der Waals surface area contributed by atoms with E-state index in [1.165, 1.54) is 4.90 Å². The zero-order valence-electron chi connectivity index (χ0n) is 3.73. The largest absolute Gasteiger partial charge is 0.339 e. The molecule has 0 saturated carbocycles. The maximum atomic E-state index is 9.99. The highest BCUT2D eigenvalue weighted by molar-refractivity contribution is 9.18. The van der Waals surface area contributed by atoms with Crippen LogP contribution in [0.3, 0.4) is 0 Å². The molecule has 0 aromatic heterocycles. The molecule has 0 radical (unpaired) electrons. The van der Waals surface area contributed by atoms with Crippen LogP contribution in [0.4, 0.5) is 4.79 Å². The topological polar surface area (TPSA) is 20.3 Å². The van der Waals surface area contributed by atoms with E-state index >= 15 is 0 Å². The minimum atomic E-state index is -0.0949. The second-order valence-corrected chi connectivity index (χ2v) is 1.83. The van der Waals surface area contributed by atoms with Crippen molar-refractivity contribution in [2.45, 2.75) is 0 Å². The van der Waals surface area contributed by atoms with Crippen LogP contribution in [0, 0.1) is 0 Å². The zero-order valence-corrected chi connectivity index (χ0v) is 5.32. The van der Waals surface area contributed by atoms with Gasteiger partial charge >= 0.3 is 0 Å². The van der Waals surface area contributed by atoms with E-state index < -0.39 is 0 Å². The molecule has 0 spiro atoms. The quantitative estimate of drug-likeness (QED) is 0.375. The van der Waals surface area contributed by atoms with Crippen LogP contribution >= 0.6 is 15.9 Å². The van der Waals surface area contributed by atoms with Crippen molar-refractivity contribution < 1.29 is 4.79 Å². The molecule has 36 valence electrons. The number of hydrogen-bond donors (Lipinski definition) is 0. The van der Waals surface area contributed by atoms with Gasteiger partial charge in [0.2, 0.25) is 0 Å². The van der Waals surface area contributed by atoms with E-state index in [1.54, 1.807) is 14.1 Å². The van der Waals surface area contributed by atoms with Crippen LogP contribution in [0.2, 0.25) is 0 Å². The summed E-state index contributed by atoms with van der Waals surface area (Å²) < 4.78 is 0. The molecule has 0 rings (SSSR count). The lowest BCUT2D eigenvalue weighted by atomic mass is 11.0. The molecule has 0 unspecified atom stereocenters. The Morgan fingerprint density at radius 3 is 1.83 bits per heavy atom. The summed E-state index contributed by atoms with van der Waals surface area (Å²) in [6.07, 6.45) is 0. The van der Waals surface area contributed by atoms with Gasteiger partial charge in [0.1, 0.15) is 0 Å². The molecular formula is C3H6BrNO. The van der Waals surface area contributed by atoms with Gasteiger partial charge in [-0.05, 0) is 0 Å². The SMILES string of the molecule is CN(C)C(=O)Br. The summed E-state index contributed by atoms with van der Waals surface area (Å²) in [6, 6.07) is 0. The third kappa shape index (κ3) is 2.20. The summed E-state index contributed by atoms with van der Waals surface area (Å²) in [4.78, 5) is 11.3. The Morgan fingerprint density at radius 2 is 1.83 bits per heavy atom. The average Bonchev–Trinajstić information content (AvgIpc) is 1.36. The first kappa shape index (κ1) is 5.95. The van der Waals surface area contributed by atoms with Gasteiger partial charge in [-0.2, -0.15) is 0 Å². The fourth-order valence-electron chi connectivity index (χ4n) is 0. The molecule has 0 heterocycles. The molecule has 0 fully saturated rings. The fraction of sp³-hybridized carbons (Fsp3) is 0.667. The minimum absolute atomic E-state index is 0.0949. The average molecular weight is 152 g/mol. The lowest BCUT2D eigenvalue weighted by Gasteiger charge is -2.00. The molecule has 0 N–H and O–H groups in total. The summed E-state index contributed by atoms with van der Waals surface area (Å²) in [5.74, 6) is 0. The molecule has 0 aromatic rings. The molecule has 3 heteroatoms. The fourth-order valence-corrected chi connectivity index (χ4v) is 0. The van der Waals surface area contributed by atoms with Crippen LogP contribution < -0.4 is 0 Å². The van der Waals surface area contributed by atoms with E-state index in [4.69, 9.17) is 0 Å². The van der Waals surface area contributed by atoms with Gasteiger partial charge in [-0.25, -0.2) is 0 Å². The van der Waals surface area contributed by atoms with E-state index in [0.717, 1.165) is 0 Å². The van der Waals surface area contributed by atoms with E-state index in [2.05, 4.69) is 15.9 Å². The van der Waals surface area contributed by atoms with Crippen LogP contribution in [0.15, 0.2) is 0 Å². The van der Waals surface area contributed by atoms with Gasteiger partial charge in [0.15, 0.2) is 0 Å². The molecule has 0 bridgehead atoms. The molecule has 0 aliphatic heterocycles. The van der Waals surface area contributed by atoms with E-state index in [0.29, 0.717) is 0 Å². The second-order valence-electron chi connectivity index (χ2n) is 1.15. The third-order valence-electron chi connectivity index (χ3n) is 0.352. The van der Waals surface area contributed by atoms with Crippen LogP contribution in [0.25, 0.3) is 0 Å². The van der Waals surface area contributed by atoms with Crippen molar-refractivity contribution in [1.29, 1.82) is 0 Å². The summed E-state index contributed by atoms with van der Waals surface area (Å²) in [7, 11) is 3.36. The predicted molar refractivity (Wildman–Crippen MR) is 28.0 cm³/mol. The number of nitrogens with zero attached hydrogens (tertiary/aromatic N) is 1. The number of rotatable bonds is 0. The highest BCUT2D eigenvalue weighted by atomic mass is 79.9. The maximum absolute atomic E-state index is 9.99. The van der Waals surface area contributed by atoms with Crippen LogP contribution in [-0.2, 0) is 0 Å². The van der Waals surface area contributed by atoms with Gasteiger partial charge in [0, 0.05) is 30.0 Å². The molecule has 1 amide bonds. The third-order valence-corrected chi connectivity index (χ3v) is 1.06. The second kappa shape index (κ2) is 2.18. The Hall–Kier alpha value is -0.0500. The zero-order chi connectivity index (χ0) is 5.15. The van der Waals surface area contributed by atoms with E-state index in [-0.39, 0.29) is 4.82 Å². The normalized spacial score (nSPS) is 7.83. The molecule has 0 aliphatic rings. The number of hydrogen-bond acceptors (Lipinski definition) is 1. The highest BCUT2D eigenvalue weighted by Gasteiger charge is 1.90. The van der Waals surface area contributed by atoms with Crippen molar-refractivity contribution in [3.05, 3.63) is 0 Å². The van der Waals surface area contributed by atoms with Crippen molar-refractivity contribution in [3.8, 4) is 0 Å². The van der Waals surface area contributed by atoms with E-state index in [9.17, 15) is 4.79 Å². The van der Waals surface area contributed by atoms with Crippen LogP contribution in [-0.4, -0.2) is 23.8 Å². The Bertz CT molecular complexity index is 61.8. The first-order valence-electron chi connectivity index (χ1n) is 1.51. The molecule has 0 aromatic carbocycles. The number of halogens is 1. The standard InChI is InChI=1S/C3H6BrNO/c1-5(2)3(4)6/h1-2H3. The first-order chi connectivity index (χ1) is 2.64. The van der Waals surface area contributed by atoms with Gasteiger partial charge in [0.25, 0.3) is 4.82 Å². The van der Waals surface area contributed by atoms with Crippen molar-refractivity contribution in [2.24, 2.45) is 0 Å². The number of amides is 1. The van der Waals surface area contributed by atoms with Gasteiger partial charge in [-0.3, -0.25) is 4.79 Å². The summed E-state index contributed by atoms with van der Waals surface area (Å²) >= 11 is 2.73. The van der Waals surface area contributed by atoms with Gasteiger partial charge in [0.05, 0.1) is 0 Å². The molecule has 2 nitrogen and oxygen atoms in total. The summed E-state index contributed by atoms with van der Waals surface area (Å²) in [5.41, 5.74) is 0. The van der Waals surface area contributed by atoms with Crippen molar-refractivity contribution in [2.75, 3.05) is 14.1 Å². The van der Waals surface area contributed by atoms with Gasteiger partial charge in [-0.1, -0.05) is 0 Å². The lowest BCUT2D eigenvalue weighted by Crippen LogP contribution is -2.12. The molecule has 0 aliphatic carbocycles. The van der Waals surface area contributed by atoms with E-state index in [1.807, 2.05) is 0 Å². The van der Waals surface area contributed by atoms with Crippen LogP contribution in [0.1, 0.15) is 0 Å². The Labute approximate surface area is 45.3 Å². The Morgan fingerprint density at radius 1 is 1.67 bits per heavy atom. The lowest BCUT2D eigenvalue weighted by molar-refractivity contribution is 0.242. The van der Waals surface area contributed by atoms with Crippen molar-refractivity contribution in [3.63, 3.8) is 0 Å². The minimum Gasteiger partial charge on any atom is -0.339 e. The van der Waals surface area contributed by atoms with Crippen LogP contribution in [0.5, 0.6) is 0 Å². The maximum Gasteiger partial charge on any atom is 0.289 e. The summed E-state index contributed by atoms with van der Waals surface area (Å²) in [5, 5.41) is 0. The summed E-state index contributed by atoms with van der Waals surface area (Å²) in [6.45, 7) is 0. The number of carbonyl (C=O) groups is 1. The highest BCUT2D eigenvalue weighted by Crippen LogP contribution is 1.87. The molecule has 6 heavy (non-hydrogen) atoms. The first-order valence-corrected chi connectivity index (χ1v) is 2.30.